The topological polar surface area (TPSA) is 62.5 Å². The van der Waals surface area contributed by atoms with E-state index in [1.165, 1.54) is 0 Å². The Bertz CT molecular complexity index is 746. The number of carbonyl (C=O) groups is 2. The summed E-state index contributed by atoms with van der Waals surface area (Å²) in [5.74, 6) is -0.973. The van der Waals surface area contributed by atoms with Crippen LogP contribution in [0.1, 0.15) is 37.7 Å². The molecule has 5 heteroatoms. The van der Waals surface area contributed by atoms with Crippen LogP contribution in [0.4, 0.5) is 0 Å². The summed E-state index contributed by atoms with van der Waals surface area (Å²) >= 11 is 0. The van der Waals surface area contributed by atoms with Gasteiger partial charge >= 0.3 is 5.97 Å². The number of hydrogen-bond acceptors (Lipinski definition) is 2. The van der Waals surface area contributed by atoms with E-state index >= 15 is 0 Å². The van der Waals surface area contributed by atoms with E-state index in [-0.39, 0.29) is 11.5 Å². The number of benzene rings is 1. The number of hydrogen-bond donors (Lipinski definition) is 1. The fraction of sp³-hybridized carbons (Fsp3) is 0.250. The maximum Gasteiger partial charge on any atom is 0.335 e. The average Bonchev–Trinajstić information content (AvgIpc) is 3.02. The van der Waals surface area contributed by atoms with Crippen LogP contribution in [0.25, 0.3) is 0 Å². The minimum absolute atomic E-state index is 0.0290. The van der Waals surface area contributed by atoms with E-state index in [0.717, 1.165) is 16.8 Å². The highest BCUT2D eigenvalue weighted by Gasteiger charge is 2.26. The first-order valence-corrected chi connectivity index (χ1v) is 6.74. The molecule has 2 aromatic rings. The Kier molecular flexibility index (Phi) is 3.05. The van der Waals surface area contributed by atoms with E-state index in [1.807, 2.05) is 30.7 Å². The molecule has 1 N–H and O–H groups in total. The van der Waals surface area contributed by atoms with Crippen LogP contribution in [0.2, 0.25) is 0 Å². The Morgan fingerprint density at radius 2 is 1.81 bits per heavy atom. The molecule has 1 amide bonds. The molecule has 0 unspecified atom stereocenters. The first-order chi connectivity index (χ1) is 9.97. The Morgan fingerprint density at radius 3 is 2.43 bits per heavy atom. The van der Waals surface area contributed by atoms with Crippen molar-refractivity contribution >= 4 is 11.9 Å². The largest absolute Gasteiger partial charge is 0.478 e. The maximum absolute atomic E-state index is 12.6. The summed E-state index contributed by atoms with van der Waals surface area (Å²) in [6, 6.07) is 8.77. The van der Waals surface area contributed by atoms with Gasteiger partial charge in [0.2, 0.25) is 0 Å². The molecule has 0 atom stereocenters. The van der Waals surface area contributed by atoms with Crippen LogP contribution in [0.5, 0.6) is 0 Å². The van der Waals surface area contributed by atoms with Crippen molar-refractivity contribution in [1.82, 2.24) is 9.47 Å². The zero-order chi connectivity index (χ0) is 15.1. The summed E-state index contributed by atoms with van der Waals surface area (Å²) in [6.45, 7) is 2.94. The van der Waals surface area contributed by atoms with Crippen LogP contribution < -0.4 is 0 Å². The molecule has 0 aliphatic carbocycles. The van der Waals surface area contributed by atoms with Crippen LogP contribution in [0.15, 0.2) is 30.3 Å². The van der Waals surface area contributed by atoms with E-state index in [2.05, 4.69) is 0 Å². The highest BCUT2D eigenvalue weighted by Crippen LogP contribution is 2.25. The molecule has 1 aliphatic rings. The van der Waals surface area contributed by atoms with Crippen molar-refractivity contribution in [3.63, 3.8) is 0 Å². The number of fused-ring (bicyclic) bond motifs is 1. The quantitative estimate of drug-likeness (QED) is 0.919. The molecule has 3 rings (SSSR count). The summed E-state index contributed by atoms with van der Waals surface area (Å²) in [5, 5.41) is 9.02. The van der Waals surface area contributed by atoms with Gasteiger partial charge in [-0.05, 0) is 42.3 Å². The number of aromatic carboxylic acids is 1. The van der Waals surface area contributed by atoms with E-state index in [0.29, 0.717) is 18.8 Å². The van der Waals surface area contributed by atoms with E-state index in [9.17, 15) is 9.59 Å². The molecule has 21 heavy (non-hydrogen) atoms. The van der Waals surface area contributed by atoms with Crippen molar-refractivity contribution in [2.24, 2.45) is 7.05 Å². The predicted octanol–water partition coefficient (Wildman–Crippen LogP) is 2.19. The molecular weight excluding hydrogens is 268 g/mol. The molecule has 5 nitrogen and oxygen atoms in total. The van der Waals surface area contributed by atoms with Gasteiger partial charge in [0.15, 0.2) is 0 Å². The van der Waals surface area contributed by atoms with Gasteiger partial charge in [0, 0.05) is 25.8 Å². The summed E-state index contributed by atoms with van der Waals surface area (Å²) < 4.78 is 1.87. The summed E-state index contributed by atoms with van der Waals surface area (Å²) in [5.41, 5.74) is 3.87. The monoisotopic (exact) mass is 284 g/mol. The third kappa shape index (κ3) is 2.20. The van der Waals surface area contributed by atoms with Gasteiger partial charge in [0.1, 0.15) is 5.69 Å². The third-order valence-electron chi connectivity index (χ3n) is 4.05. The lowest BCUT2D eigenvalue weighted by molar-refractivity contribution is 0.0696. The standard InChI is InChI=1S/C16H16N2O3/c1-10-3-6-14(17(10)2)15(19)18-8-12-5-4-11(16(20)21)7-13(12)9-18/h3-7H,8-9H2,1-2H3,(H,20,21). The molecule has 1 aromatic carbocycles. The second-order valence-corrected chi connectivity index (χ2v) is 5.37. The van der Waals surface area contributed by atoms with Crippen LogP contribution >= 0.6 is 0 Å². The molecule has 0 spiro atoms. The second-order valence-electron chi connectivity index (χ2n) is 5.37. The average molecular weight is 284 g/mol. The number of nitrogens with zero attached hydrogens (tertiary/aromatic N) is 2. The van der Waals surface area contributed by atoms with Gasteiger partial charge in [0.25, 0.3) is 5.91 Å². The van der Waals surface area contributed by atoms with E-state index in [4.69, 9.17) is 5.11 Å². The van der Waals surface area contributed by atoms with Gasteiger partial charge in [0.05, 0.1) is 5.56 Å². The number of carboxylic acids is 1. The molecule has 0 fully saturated rings. The van der Waals surface area contributed by atoms with Gasteiger partial charge in [-0.1, -0.05) is 6.07 Å². The number of carbonyl (C=O) groups excluding carboxylic acids is 1. The molecule has 0 radical (unpaired) electrons. The Balaban J connectivity index is 1.86. The van der Waals surface area contributed by atoms with Crippen LogP contribution in [-0.2, 0) is 20.1 Å². The van der Waals surface area contributed by atoms with Crippen molar-refractivity contribution in [1.29, 1.82) is 0 Å². The third-order valence-corrected chi connectivity index (χ3v) is 4.05. The van der Waals surface area contributed by atoms with Crippen LogP contribution in [0, 0.1) is 6.92 Å². The minimum Gasteiger partial charge on any atom is -0.478 e. The molecule has 0 bridgehead atoms. The Hall–Kier alpha value is -2.56. The SMILES string of the molecule is Cc1ccc(C(=O)N2Cc3ccc(C(=O)O)cc3C2)n1C. The molecule has 2 heterocycles. The van der Waals surface area contributed by atoms with Crippen LogP contribution in [0.3, 0.4) is 0 Å². The lowest BCUT2D eigenvalue weighted by atomic mass is 10.1. The van der Waals surface area contributed by atoms with Crippen molar-refractivity contribution in [2.75, 3.05) is 0 Å². The molecule has 0 saturated heterocycles. The van der Waals surface area contributed by atoms with E-state index < -0.39 is 5.97 Å². The smallest absolute Gasteiger partial charge is 0.335 e. The summed E-state index contributed by atoms with van der Waals surface area (Å²) in [6.07, 6.45) is 0. The highest BCUT2D eigenvalue weighted by molar-refractivity contribution is 5.93. The van der Waals surface area contributed by atoms with Crippen molar-refractivity contribution in [3.05, 3.63) is 58.4 Å². The lowest BCUT2D eigenvalue weighted by Gasteiger charge is -2.16. The number of aromatic nitrogens is 1. The fourth-order valence-corrected chi connectivity index (χ4v) is 2.66. The number of aryl methyl sites for hydroxylation is 1. The molecule has 0 saturated carbocycles. The number of amides is 1. The van der Waals surface area contributed by atoms with Gasteiger partial charge in [-0.15, -0.1) is 0 Å². The first kappa shape index (κ1) is 13.4. The predicted molar refractivity (Wildman–Crippen MR) is 77.1 cm³/mol. The zero-order valence-corrected chi connectivity index (χ0v) is 12.0. The summed E-state index contributed by atoms with van der Waals surface area (Å²) in [4.78, 5) is 25.3. The van der Waals surface area contributed by atoms with Gasteiger partial charge < -0.3 is 14.6 Å². The Morgan fingerprint density at radius 1 is 1.10 bits per heavy atom. The van der Waals surface area contributed by atoms with Gasteiger partial charge in [-0.2, -0.15) is 0 Å². The Labute approximate surface area is 122 Å². The molecule has 1 aliphatic heterocycles. The van der Waals surface area contributed by atoms with Crippen molar-refractivity contribution in [3.8, 4) is 0 Å². The zero-order valence-electron chi connectivity index (χ0n) is 12.0. The lowest BCUT2D eigenvalue weighted by Crippen LogP contribution is -2.27. The van der Waals surface area contributed by atoms with Gasteiger partial charge in [-0.25, -0.2) is 4.79 Å². The maximum atomic E-state index is 12.6. The van der Waals surface area contributed by atoms with Crippen LogP contribution in [-0.4, -0.2) is 26.5 Å². The van der Waals surface area contributed by atoms with Gasteiger partial charge in [-0.3, -0.25) is 4.79 Å². The highest BCUT2D eigenvalue weighted by atomic mass is 16.4. The van der Waals surface area contributed by atoms with E-state index in [1.54, 1.807) is 23.1 Å². The second kappa shape index (κ2) is 4.77. The summed E-state index contributed by atoms with van der Waals surface area (Å²) in [7, 11) is 1.87. The van der Waals surface area contributed by atoms with Crippen molar-refractivity contribution in [2.45, 2.75) is 20.0 Å². The fourth-order valence-electron chi connectivity index (χ4n) is 2.66. The van der Waals surface area contributed by atoms with Crippen molar-refractivity contribution < 1.29 is 14.7 Å². The molecular formula is C16H16N2O3. The number of rotatable bonds is 2. The number of carboxylic acid groups (broad SMARTS) is 1. The molecule has 1 aromatic heterocycles. The molecule has 108 valence electrons. The normalized spacial score (nSPS) is 13.3. The minimum atomic E-state index is -0.944. The first-order valence-electron chi connectivity index (χ1n) is 6.74.